The molecular weight excluding hydrogens is 218 g/mol. The molecule has 3 atom stereocenters. The SMILES string of the molecule is CCC1CCCC(C(C)(C(=O)O)C(=O)NC)C1. The first-order chi connectivity index (χ1) is 7.96. The van der Waals surface area contributed by atoms with Gasteiger partial charge in [0, 0.05) is 7.05 Å². The van der Waals surface area contributed by atoms with E-state index in [0.29, 0.717) is 5.92 Å². The van der Waals surface area contributed by atoms with Crippen molar-refractivity contribution >= 4 is 11.9 Å². The second kappa shape index (κ2) is 5.52. The van der Waals surface area contributed by atoms with Crippen LogP contribution >= 0.6 is 0 Å². The smallest absolute Gasteiger partial charge is 0.319 e. The van der Waals surface area contributed by atoms with E-state index < -0.39 is 11.4 Å². The number of nitrogens with one attached hydrogen (secondary N) is 1. The number of amides is 1. The molecule has 4 nitrogen and oxygen atoms in total. The van der Waals surface area contributed by atoms with Crippen LogP contribution in [0.25, 0.3) is 0 Å². The second-order valence-corrected chi connectivity index (χ2v) is 5.22. The lowest BCUT2D eigenvalue weighted by molar-refractivity contribution is -0.160. The Morgan fingerprint density at radius 2 is 2.06 bits per heavy atom. The first-order valence-electron chi connectivity index (χ1n) is 6.42. The molecule has 1 aliphatic rings. The topological polar surface area (TPSA) is 66.4 Å². The van der Waals surface area contributed by atoms with E-state index in [0.717, 1.165) is 32.1 Å². The Morgan fingerprint density at radius 3 is 2.53 bits per heavy atom. The molecule has 1 amide bonds. The van der Waals surface area contributed by atoms with Gasteiger partial charge in [-0.25, -0.2) is 0 Å². The standard InChI is InChI=1S/C13H23NO3/c1-4-9-6-5-7-10(8-9)13(2,12(16)17)11(15)14-3/h9-10H,4-8H2,1-3H3,(H,14,15)(H,16,17). The van der Waals surface area contributed by atoms with Crippen LogP contribution in [0.4, 0.5) is 0 Å². The number of carbonyl (C=O) groups is 2. The van der Waals surface area contributed by atoms with Crippen molar-refractivity contribution in [3.05, 3.63) is 0 Å². The molecule has 3 unspecified atom stereocenters. The molecule has 98 valence electrons. The van der Waals surface area contributed by atoms with Crippen LogP contribution in [0.2, 0.25) is 0 Å². The molecule has 0 heterocycles. The molecule has 0 aliphatic heterocycles. The lowest BCUT2D eigenvalue weighted by Crippen LogP contribution is -2.49. The summed E-state index contributed by atoms with van der Waals surface area (Å²) in [6.07, 6.45) is 4.96. The molecule has 1 aliphatic carbocycles. The Morgan fingerprint density at radius 1 is 1.41 bits per heavy atom. The minimum Gasteiger partial charge on any atom is -0.480 e. The summed E-state index contributed by atoms with van der Waals surface area (Å²) in [7, 11) is 1.50. The van der Waals surface area contributed by atoms with Gasteiger partial charge in [0.25, 0.3) is 0 Å². The van der Waals surface area contributed by atoms with E-state index >= 15 is 0 Å². The minimum absolute atomic E-state index is 0.0429. The van der Waals surface area contributed by atoms with Gasteiger partial charge >= 0.3 is 5.97 Å². The van der Waals surface area contributed by atoms with Crippen molar-refractivity contribution in [2.24, 2.45) is 17.3 Å². The van der Waals surface area contributed by atoms with Crippen molar-refractivity contribution in [3.8, 4) is 0 Å². The lowest BCUT2D eigenvalue weighted by Gasteiger charge is -2.37. The van der Waals surface area contributed by atoms with E-state index in [4.69, 9.17) is 0 Å². The first-order valence-corrected chi connectivity index (χ1v) is 6.42. The number of carboxylic acid groups (broad SMARTS) is 1. The van der Waals surface area contributed by atoms with E-state index in [9.17, 15) is 14.7 Å². The molecule has 0 saturated heterocycles. The molecular formula is C13H23NO3. The van der Waals surface area contributed by atoms with Crippen LogP contribution in [0.5, 0.6) is 0 Å². The lowest BCUT2D eigenvalue weighted by atomic mass is 9.66. The zero-order chi connectivity index (χ0) is 13.1. The summed E-state index contributed by atoms with van der Waals surface area (Å²) in [6, 6.07) is 0. The highest BCUT2D eigenvalue weighted by Crippen LogP contribution is 2.42. The van der Waals surface area contributed by atoms with Crippen LogP contribution in [0.1, 0.15) is 46.0 Å². The number of rotatable bonds is 4. The van der Waals surface area contributed by atoms with Gasteiger partial charge in [0.1, 0.15) is 5.41 Å². The highest BCUT2D eigenvalue weighted by atomic mass is 16.4. The number of hydrogen-bond donors (Lipinski definition) is 2. The van der Waals surface area contributed by atoms with Crippen LogP contribution in [0, 0.1) is 17.3 Å². The Bertz CT molecular complexity index is 303. The molecule has 0 aromatic rings. The molecule has 0 aromatic carbocycles. The first kappa shape index (κ1) is 14.0. The molecule has 0 bridgehead atoms. The quantitative estimate of drug-likeness (QED) is 0.740. The maximum atomic E-state index is 11.9. The Labute approximate surface area is 103 Å². The molecule has 1 saturated carbocycles. The van der Waals surface area contributed by atoms with E-state index in [1.165, 1.54) is 7.05 Å². The van der Waals surface area contributed by atoms with Gasteiger partial charge in [-0.05, 0) is 31.6 Å². The molecule has 0 radical (unpaired) electrons. The van der Waals surface area contributed by atoms with Gasteiger partial charge in [-0.3, -0.25) is 9.59 Å². The van der Waals surface area contributed by atoms with Crippen molar-refractivity contribution in [1.82, 2.24) is 5.32 Å². The molecule has 1 rings (SSSR count). The van der Waals surface area contributed by atoms with Crippen molar-refractivity contribution in [1.29, 1.82) is 0 Å². The van der Waals surface area contributed by atoms with Crippen LogP contribution in [-0.2, 0) is 9.59 Å². The Hall–Kier alpha value is -1.06. The fourth-order valence-corrected chi connectivity index (χ4v) is 2.90. The van der Waals surface area contributed by atoms with Crippen molar-refractivity contribution in [2.75, 3.05) is 7.05 Å². The van der Waals surface area contributed by atoms with E-state index in [1.54, 1.807) is 6.92 Å². The maximum absolute atomic E-state index is 11.9. The Balaban J connectivity index is 2.91. The predicted molar refractivity (Wildman–Crippen MR) is 65.5 cm³/mol. The molecule has 17 heavy (non-hydrogen) atoms. The highest BCUT2D eigenvalue weighted by Gasteiger charge is 2.48. The third-order valence-electron chi connectivity index (χ3n) is 4.32. The fourth-order valence-electron chi connectivity index (χ4n) is 2.90. The normalized spacial score (nSPS) is 28.2. The fraction of sp³-hybridized carbons (Fsp3) is 0.846. The summed E-state index contributed by atoms with van der Waals surface area (Å²) in [4.78, 5) is 23.3. The minimum atomic E-state index is -1.28. The van der Waals surface area contributed by atoms with Gasteiger partial charge in [0.2, 0.25) is 5.91 Å². The van der Waals surface area contributed by atoms with Gasteiger partial charge < -0.3 is 10.4 Å². The van der Waals surface area contributed by atoms with Gasteiger partial charge in [-0.1, -0.05) is 26.2 Å². The number of carboxylic acids is 1. The number of hydrogen-bond acceptors (Lipinski definition) is 2. The summed E-state index contributed by atoms with van der Waals surface area (Å²) < 4.78 is 0. The summed E-state index contributed by atoms with van der Waals surface area (Å²) in [6.45, 7) is 3.70. The number of aliphatic carboxylic acids is 1. The van der Waals surface area contributed by atoms with Gasteiger partial charge in [-0.2, -0.15) is 0 Å². The van der Waals surface area contributed by atoms with Gasteiger partial charge in [-0.15, -0.1) is 0 Å². The average Bonchev–Trinajstić information content (AvgIpc) is 2.36. The summed E-state index contributed by atoms with van der Waals surface area (Å²) in [5.74, 6) is -0.846. The van der Waals surface area contributed by atoms with Crippen molar-refractivity contribution < 1.29 is 14.7 Å². The van der Waals surface area contributed by atoms with Crippen LogP contribution < -0.4 is 5.32 Å². The second-order valence-electron chi connectivity index (χ2n) is 5.22. The van der Waals surface area contributed by atoms with Crippen LogP contribution in [-0.4, -0.2) is 24.0 Å². The zero-order valence-electron chi connectivity index (χ0n) is 11.0. The third-order valence-corrected chi connectivity index (χ3v) is 4.32. The van der Waals surface area contributed by atoms with Crippen LogP contribution in [0.3, 0.4) is 0 Å². The summed E-state index contributed by atoms with van der Waals surface area (Å²) >= 11 is 0. The molecule has 2 N–H and O–H groups in total. The molecule has 4 heteroatoms. The van der Waals surface area contributed by atoms with Gasteiger partial charge in [0.05, 0.1) is 0 Å². The Kier molecular flexibility index (Phi) is 4.54. The van der Waals surface area contributed by atoms with Crippen molar-refractivity contribution in [2.45, 2.75) is 46.0 Å². The van der Waals surface area contributed by atoms with E-state index in [-0.39, 0.29) is 11.8 Å². The maximum Gasteiger partial charge on any atom is 0.319 e. The summed E-state index contributed by atoms with van der Waals surface area (Å²) in [5.41, 5.74) is -1.28. The van der Waals surface area contributed by atoms with Gasteiger partial charge in [0.15, 0.2) is 0 Å². The van der Waals surface area contributed by atoms with Crippen molar-refractivity contribution in [3.63, 3.8) is 0 Å². The zero-order valence-corrected chi connectivity index (χ0v) is 11.0. The predicted octanol–water partition coefficient (Wildman–Crippen LogP) is 2.04. The number of carbonyl (C=O) groups excluding carboxylic acids is 1. The largest absolute Gasteiger partial charge is 0.480 e. The summed E-state index contributed by atoms with van der Waals surface area (Å²) in [5, 5.41) is 11.9. The molecule has 1 fully saturated rings. The molecule has 0 spiro atoms. The van der Waals surface area contributed by atoms with E-state index in [2.05, 4.69) is 12.2 Å². The average molecular weight is 241 g/mol. The van der Waals surface area contributed by atoms with E-state index in [1.807, 2.05) is 0 Å². The van der Waals surface area contributed by atoms with Crippen LogP contribution in [0.15, 0.2) is 0 Å². The molecule has 0 aromatic heterocycles. The highest BCUT2D eigenvalue weighted by molar-refractivity contribution is 6.01. The monoisotopic (exact) mass is 241 g/mol. The third kappa shape index (κ3) is 2.61.